The van der Waals surface area contributed by atoms with Crippen LogP contribution < -0.4 is 9.62 Å². The van der Waals surface area contributed by atoms with E-state index >= 15 is 0 Å². The number of carbonyl (C=O) groups excluding carboxylic acids is 1. The molecule has 0 saturated carbocycles. The van der Waals surface area contributed by atoms with Crippen molar-refractivity contribution in [3.8, 4) is 0 Å². The fraction of sp³-hybridized carbons (Fsp3) is 0.435. The molecule has 1 aliphatic heterocycles. The maximum atomic E-state index is 13.2. The normalized spacial score (nSPS) is 17.2. The van der Waals surface area contributed by atoms with Crippen molar-refractivity contribution < 1.29 is 22.3 Å². The number of anilines is 1. The summed E-state index contributed by atoms with van der Waals surface area (Å²) in [6, 6.07) is 9.05. The molecule has 10 heteroatoms. The highest BCUT2D eigenvalue weighted by molar-refractivity contribution is 7.92. The van der Waals surface area contributed by atoms with E-state index in [1.807, 2.05) is 0 Å². The monoisotopic (exact) mass is 497 g/mol. The number of amides is 1. The topological polar surface area (TPSA) is 79.0 Å². The molecular formula is C23H29ClFN3O4S. The van der Waals surface area contributed by atoms with Crippen LogP contribution in [-0.4, -0.2) is 65.2 Å². The minimum atomic E-state index is -3.99. The third-order valence-corrected chi connectivity index (χ3v) is 7.48. The highest BCUT2D eigenvalue weighted by Gasteiger charge is 2.25. The zero-order chi connectivity index (χ0) is 24.2. The van der Waals surface area contributed by atoms with Gasteiger partial charge in [0.2, 0.25) is 0 Å². The Morgan fingerprint density at radius 1 is 1.27 bits per heavy atom. The van der Waals surface area contributed by atoms with Gasteiger partial charge in [-0.3, -0.25) is 14.0 Å². The van der Waals surface area contributed by atoms with Crippen LogP contribution in [0.5, 0.6) is 0 Å². The van der Waals surface area contributed by atoms with E-state index in [1.165, 1.54) is 49.5 Å². The van der Waals surface area contributed by atoms with Gasteiger partial charge in [0.1, 0.15) is 5.82 Å². The lowest BCUT2D eigenvalue weighted by Crippen LogP contribution is -2.48. The third-order valence-electron chi connectivity index (χ3n) is 5.37. The highest BCUT2D eigenvalue weighted by Crippen LogP contribution is 2.26. The summed E-state index contributed by atoms with van der Waals surface area (Å²) in [4.78, 5) is 15.0. The lowest BCUT2D eigenvalue weighted by atomic mass is 10.1. The van der Waals surface area contributed by atoms with Gasteiger partial charge in [-0.1, -0.05) is 25.4 Å². The van der Waals surface area contributed by atoms with Crippen molar-refractivity contribution in [2.45, 2.75) is 24.8 Å². The summed E-state index contributed by atoms with van der Waals surface area (Å²) in [6.07, 6.45) is -0.156. The third kappa shape index (κ3) is 6.44. The molecule has 0 spiro atoms. The minimum Gasteiger partial charge on any atom is -0.374 e. The Labute approximate surface area is 199 Å². The number of halogens is 2. The average molecular weight is 498 g/mol. The minimum absolute atomic E-state index is 0.0556. The van der Waals surface area contributed by atoms with Gasteiger partial charge in [0.15, 0.2) is 0 Å². The van der Waals surface area contributed by atoms with E-state index in [0.29, 0.717) is 19.1 Å². The van der Waals surface area contributed by atoms with E-state index in [-0.39, 0.29) is 33.8 Å². The van der Waals surface area contributed by atoms with Crippen molar-refractivity contribution in [1.82, 2.24) is 10.2 Å². The van der Waals surface area contributed by atoms with E-state index in [9.17, 15) is 17.6 Å². The van der Waals surface area contributed by atoms with Gasteiger partial charge in [0.25, 0.3) is 15.9 Å². The van der Waals surface area contributed by atoms with Gasteiger partial charge in [0, 0.05) is 33.2 Å². The summed E-state index contributed by atoms with van der Waals surface area (Å²) < 4.78 is 46.1. The summed E-state index contributed by atoms with van der Waals surface area (Å²) in [5.41, 5.74) is 0.345. The molecule has 2 aromatic rings. The first-order chi connectivity index (χ1) is 15.6. The maximum Gasteiger partial charge on any atom is 0.264 e. The molecule has 0 aliphatic carbocycles. The molecular weight excluding hydrogens is 469 g/mol. The number of hydrogen-bond acceptors (Lipinski definition) is 5. The van der Waals surface area contributed by atoms with Gasteiger partial charge in [0.05, 0.1) is 33.9 Å². The van der Waals surface area contributed by atoms with Crippen molar-refractivity contribution >= 4 is 33.2 Å². The maximum absolute atomic E-state index is 13.2. The molecule has 180 valence electrons. The van der Waals surface area contributed by atoms with Crippen LogP contribution in [0.15, 0.2) is 47.4 Å². The van der Waals surface area contributed by atoms with Gasteiger partial charge < -0.3 is 10.1 Å². The second kappa shape index (κ2) is 10.8. The molecule has 3 rings (SSSR count). The number of sulfonamides is 1. The Kier molecular flexibility index (Phi) is 8.33. The van der Waals surface area contributed by atoms with Gasteiger partial charge >= 0.3 is 0 Å². The zero-order valence-corrected chi connectivity index (χ0v) is 20.5. The molecule has 1 N–H and O–H groups in total. The number of carbonyl (C=O) groups is 1. The largest absolute Gasteiger partial charge is 0.374 e. The summed E-state index contributed by atoms with van der Waals surface area (Å²) in [7, 11) is -2.63. The van der Waals surface area contributed by atoms with E-state index < -0.39 is 21.7 Å². The molecule has 1 fully saturated rings. The molecule has 0 radical (unpaired) electrons. The van der Waals surface area contributed by atoms with E-state index in [1.54, 1.807) is 0 Å². The Morgan fingerprint density at radius 2 is 1.97 bits per heavy atom. The Balaban J connectivity index is 1.71. The number of ether oxygens (including phenoxy) is 1. The fourth-order valence-corrected chi connectivity index (χ4v) is 5.10. The predicted molar refractivity (Wildman–Crippen MR) is 127 cm³/mol. The molecule has 1 amide bonds. The number of benzene rings is 2. The van der Waals surface area contributed by atoms with Crippen LogP contribution in [0.4, 0.5) is 10.1 Å². The molecule has 7 nitrogen and oxygen atoms in total. The van der Waals surface area contributed by atoms with Crippen LogP contribution in [0.1, 0.15) is 24.2 Å². The zero-order valence-electron chi connectivity index (χ0n) is 18.9. The molecule has 1 unspecified atom stereocenters. The van der Waals surface area contributed by atoms with Gasteiger partial charge in [-0.15, -0.1) is 0 Å². The lowest BCUT2D eigenvalue weighted by molar-refractivity contribution is -0.0295. The van der Waals surface area contributed by atoms with Crippen LogP contribution >= 0.6 is 11.6 Å². The predicted octanol–water partition coefficient (Wildman–Crippen LogP) is 3.39. The van der Waals surface area contributed by atoms with Gasteiger partial charge in [-0.25, -0.2) is 12.8 Å². The SMILES string of the molecule is CC(C)CN1CCOC(CNC(=O)c2cc(S(=O)(=O)N(C)c3ccc(F)cc3)ccc2Cl)C1. The highest BCUT2D eigenvalue weighted by atomic mass is 35.5. The van der Waals surface area contributed by atoms with Crippen molar-refractivity contribution in [2.75, 3.05) is 44.1 Å². The van der Waals surface area contributed by atoms with Crippen LogP contribution in [0.2, 0.25) is 5.02 Å². The van der Waals surface area contributed by atoms with Gasteiger partial charge in [-0.2, -0.15) is 0 Å². The van der Waals surface area contributed by atoms with E-state index in [0.717, 1.165) is 17.4 Å². The number of rotatable bonds is 8. The number of nitrogens with zero attached hydrogens (tertiary/aromatic N) is 2. The number of morpholine rings is 1. The fourth-order valence-electron chi connectivity index (χ4n) is 3.67. The standard InChI is InChI=1S/C23H29ClFN3O4S/c1-16(2)14-28-10-11-32-19(15-28)13-26-23(29)21-12-20(8-9-22(21)24)33(30,31)27(3)18-6-4-17(25)5-7-18/h4-9,12,16,19H,10-11,13-15H2,1-3H3,(H,26,29). The average Bonchev–Trinajstić information content (AvgIpc) is 2.77. The molecule has 1 heterocycles. The Hall–Kier alpha value is -2.20. The van der Waals surface area contributed by atoms with E-state index in [2.05, 4.69) is 24.1 Å². The quantitative estimate of drug-likeness (QED) is 0.604. The Bertz CT molecular complexity index is 1080. The molecule has 1 atom stereocenters. The van der Waals surface area contributed by atoms with Crippen LogP contribution in [0.25, 0.3) is 0 Å². The molecule has 0 aromatic heterocycles. The van der Waals surface area contributed by atoms with E-state index in [4.69, 9.17) is 16.3 Å². The molecule has 1 saturated heterocycles. The first-order valence-corrected chi connectivity index (χ1v) is 12.6. The van der Waals surface area contributed by atoms with Gasteiger partial charge in [-0.05, 0) is 48.4 Å². The first kappa shape index (κ1) is 25.4. The van der Waals surface area contributed by atoms with Crippen molar-refractivity contribution in [2.24, 2.45) is 5.92 Å². The van der Waals surface area contributed by atoms with Crippen LogP contribution in [0, 0.1) is 11.7 Å². The Morgan fingerprint density at radius 3 is 2.64 bits per heavy atom. The molecule has 1 aliphatic rings. The summed E-state index contributed by atoms with van der Waals surface area (Å²) >= 11 is 6.21. The second-order valence-electron chi connectivity index (χ2n) is 8.45. The number of hydrogen-bond donors (Lipinski definition) is 1. The van der Waals surface area contributed by atoms with Crippen molar-refractivity contribution in [3.63, 3.8) is 0 Å². The molecule has 33 heavy (non-hydrogen) atoms. The summed E-state index contributed by atoms with van der Waals surface area (Å²) in [5.74, 6) is -0.412. The molecule has 2 aromatic carbocycles. The summed E-state index contributed by atoms with van der Waals surface area (Å²) in [6.45, 7) is 7.72. The van der Waals surface area contributed by atoms with Crippen molar-refractivity contribution in [3.05, 3.63) is 58.9 Å². The smallest absolute Gasteiger partial charge is 0.264 e. The second-order valence-corrected chi connectivity index (χ2v) is 10.8. The summed E-state index contributed by atoms with van der Waals surface area (Å²) in [5, 5.41) is 2.94. The number of nitrogens with one attached hydrogen (secondary N) is 1. The van der Waals surface area contributed by atoms with Crippen LogP contribution in [0.3, 0.4) is 0 Å². The molecule has 0 bridgehead atoms. The first-order valence-electron chi connectivity index (χ1n) is 10.7. The van der Waals surface area contributed by atoms with Crippen molar-refractivity contribution in [1.29, 1.82) is 0 Å². The van der Waals surface area contributed by atoms with Crippen LogP contribution in [-0.2, 0) is 14.8 Å². The lowest BCUT2D eigenvalue weighted by Gasteiger charge is -2.34.